The van der Waals surface area contributed by atoms with E-state index in [-0.39, 0.29) is 12.4 Å². The summed E-state index contributed by atoms with van der Waals surface area (Å²) in [6.45, 7) is 0.181. The van der Waals surface area contributed by atoms with Crippen molar-refractivity contribution in [3.05, 3.63) is 47.0 Å². The Morgan fingerprint density at radius 2 is 1.89 bits per heavy atom. The van der Waals surface area contributed by atoms with E-state index < -0.39 is 5.97 Å². The lowest BCUT2D eigenvalue weighted by Gasteiger charge is -2.08. The molecule has 0 atom stereocenters. The van der Waals surface area contributed by atoms with E-state index in [2.05, 4.69) is 0 Å². The molecule has 0 saturated carbocycles. The van der Waals surface area contributed by atoms with E-state index in [9.17, 15) is 9.90 Å². The van der Waals surface area contributed by atoms with Gasteiger partial charge in [-0.15, -0.1) is 0 Å². The Hall–Kier alpha value is -2.20. The lowest BCUT2D eigenvalue weighted by atomic mass is 9.99. The highest BCUT2D eigenvalue weighted by atomic mass is 35.5. The van der Waals surface area contributed by atoms with Gasteiger partial charge in [0.2, 0.25) is 6.79 Å². The number of hydrogen-bond donors (Lipinski definition) is 1. The quantitative estimate of drug-likeness (QED) is 0.913. The molecule has 19 heavy (non-hydrogen) atoms. The molecule has 0 radical (unpaired) electrons. The maximum atomic E-state index is 11.2. The first-order chi connectivity index (χ1) is 9.15. The van der Waals surface area contributed by atoms with Gasteiger partial charge in [-0.3, -0.25) is 0 Å². The molecule has 0 aliphatic carbocycles. The number of rotatable bonds is 2. The van der Waals surface area contributed by atoms with Crippen LogP contribution in [0.1, 0.15) is 10.4 Å². The van der Waals surface area contributed by atoms with E-state index in [1.807, 2.05) is 0 Å². The van der Waals surface area contributed by atoms with Gasteiger partial charge in [0.15, 0.2) is 11.5 Å². The number of carboxylic acids is 1. The van der Waals surface area contributed by atoms with Gasteiger partial charge in [-0.2, -0.15) is 0 Å². The first kappa shape index (κ1) is 11.9. The van der Waals surface area contributed by atoms with Gasteiger partial charge in [0.25, 0.3) is 0 Å². The SMILES string of the molecule is O=C(O)c1ccc(Cl)cc1-c1ccc2c(c1)OCO2. The smallest absolute Gasteiger partial charge is 0.336 e. The van der Waals surface area contributed by atoms with Gasteiger partial charge in [0, 0.05) is 5.02 Å². The van der Waals surface area contributed by atoms with Crippen molar-refractivity contribution >= 4 is 17.6 Å². The minimum Gasteiger partial charge on any atom is -0.478 e. The number of carboxylic acid groups (broad SMARTS) is 1. The fourth-order valence-electron chi connectivity index (χ4n) is 2.01. The van der Waals surface area contributed by atoms with Gasteiger partial charge in [-0.05, 0) is 41.5 Å². The van der Waals surface area contributed by atoms with Crippen molar-refractivity contribution in [2.75, 3.05) is 6.79 Å². The fraction of sp³-hybridized carbons (Fsp3) is 0.0714. The van der Waals surface area contributed by atoms with Crippen LogP contribution in [-0.4, -0.2) is 17.9 Å². The Labute approximate surface area is 114 Å². The number of aromatic carboxylic acids is 1. The summed E-state index contributed by atoms with van der Waals surface area (Å²) in [5.74, 6) is 0.265. The molecule has 0 spiro atoms. The molecule has 0 unspecified atom stereocenters. The van der Waals surface area contributed by atoms with Crippen LogP contribution < -0.4 is 9.47 Å². The van der Waals surface area contributed by atoms with Gasteiger partial charge in [0.05, 0.1) is 5.56 Å². The molecule has 1 aliphatic rings. The van der Waals surface area contributed by atoms with E-state index >= 15 is 0 Å². The molecule has 2 aromatic carbocycles. The lowest BCUT2D eigenvalue weighted by Crippen LogP contribution is -1.99. The van der Waals surface area contributed by atoms with Crippen LogP contribution in [0, 0.1) is 0 Å². The summed E-state index contributed by atoms with van der Waals surface area (Å²) in [4.78, 5) is 11.2. The van der Waals surface area contributed by atoms with Crippen molar-refractivity contribution in [1.29, 1.82) is 0 Å². The highest BCUT2D eigenvalue weighted by Gasteiger charge is 2.17. The molecule has 0 bridgehead atoms. The molecular weight excluding hydrogens is 268 g/mol. The summed E-state index contributed by atoms with van der Waals surface area (Å²) >= 11 is 5.94. The van der Waals surface area contributed by atoms with Crippen LogP contribution in [0.3, 0.4) is 0 Å². The second-order valence-corrected chi connectivity index (χ2v) is 4.50. The van der Waals surface area contributed by atoms with Crippen LogP contribution in [0.15, 0.2) is 36.4 Å². The zero-order valence-electron chi connectivity index (χ0n) is 9.72. The van der Waals surface area contributed by atoms with Gasteiger partial charge < -0.3 is 14.6 Å². The number of halogens is 1. The zero-order valence-corrected chi connectivity index (χ0v) is 10.5. The highest BCUT2D eigenvalue weighted by molar-refractivity contribution is 6.31. The molecular formula is C14H9ClO4. The van der Waals surface area contributed by atoms with Crippen LogP contribution in [0.4, 0.5) is 0 Å². The van der Waals surface area contributed by atoms with E-state index in [1.54, 1.807) is 30.3 Å². The molecule has 1 N–H and O–H groups in total. The van der Waals surface area contributed by atoms with E-state index in [1.165, 1.54) is 6.07 Å². The van der Waals surface area contributed by atoms with Crippen molar-refractivity contribution < 1.29 is 19.4 Å². The minimum atomic E-state index is -0.996. The summed E-state index contributed by atoms with van der Waals surface area (Å²) in [5, 5.41) is 9.70. The summed E-state index contributed by atoms with van der Waals surface area (Å²) in [7, 11) is 0. The predicted octanol–water partition coefficient (Wildman–Crippen LogP) is 3.43. The van der Waals surface area contributed by atoms with Crippen LogP contribution in [0.2, 0.25) is 5.02 Å². The van der Waals surface area contributed by atoms with E-state index in [4.69, 9.17) is 21.1 Å². The summed E-state index contributed by atoms with van der Waals surface area (Å²) in [5.41, 5.74) is 1.48. The topological polar surface area (TPSA) is 55.8 Å². The van der Waals surface area contributed by atoms with Gasteiger partial charge in [0.1, 0.15) is 0 Å². The molecule has 2 aromatic rings. The Balaban J connectivity index is 2.16. The van der Waals surface area contributed by atoms with E-state index in [0.717, 1.165) is 5.56 Å². The van der Waals surface area contributed by atoms with Crippen molar-refractivity contribution in [2.24, 2.45) is 0 Å². The number of hydrogen-bond acceptors (Lipinski definition) is 3. The average Bonchev–Trinajstić information content (AvgIpc) is 2.85. The molecule has 96 valence electrons. The monoisotopic (exact) mass is 276 g/mol. The zero-order chi connectivity index (χ0) is 13.4. The molecule has 0 saturated heterocycles. The molecule has 1 aliphatic heterocycles. The second kappa shape index (κ2) is 4.48. The Morgan fingerprint density at radius 1 is 1.11 bits per heavy atom. The molecule has 4 nitrogen and oxygen atoms in total. The van der Waals surface area contributed by atoms with Crippen molar-refractivity contribution in [3.63, 3.8) is 0 Å². The largest absolute Gasteiger partial charge is 0.478 e. The molecule has 0 amide bonds. The Kier molecular flexibility index (Phi) is 2.80. The lowest BCUT2D eigenvalue weighted by molar-refractivity contribution is 0.0697. The van der Waals surface area contributed by atoms with Crippen LogP contribution in [-0.2, 0) is 0 Å². The molecule has 3 rings (SSSR count). The standard InChI is InChI=1S/C14H9ClO4/c15-9-2-3-10(14(16)17)11(6-9)8-1-4-12-13(5-8)19-7-18-12/h1-6H,7H2,(H,16,17). The second-order valence-electron chi connectivity index (χ2n) is 4.06. The van der Waals surface area contributed by atoms with Crippen molar-refractivity contribution in [2.45, 2.75) is 0 Å². The van der Waals surface area contributed by atoms with Crippen LogP contribution in [0.25, 0.3) is 11.1 Å². The Bertz CT molecular complexity index is 666. The average molecular weight is 277 g/mol. The molecule has 0 fully saturated rings. The number of ether oxygens (including phenoxy) is 2. The first-order valence-electron chi connectivity index (χ1n) is 5.58. The van der Waals surface area contributed by atoms with Crippen LogP contribution in [0.5, 0.6) is 11.5 Å². The Morgan fingerprint density at radius 3 is 2.68 bits per heavy atom. The van der Waals surface area contributed by atoms with Gasteiger partial charge >= 0.3 is 5.97 Å². The van der Waals surface area contributed by atoms with Crippen LogP contribution >= 0.6 is 11.6 Å². The highest BCUT2D eigenvalue weighted by Crippen LogP contribution is 2.37. The summed E-state index contributed by atoms with van der Waals surface area (Å²) in [6, 6.07) is 9.96. The molecule has 1 heterocycles. The maximum Gasteiger partial charge on any atom is 0.336 e. The normalized spacial score (nSPS) is 12.5. The number of carbonyl (C=O) groups is 1. The third kappa shape index (κ3) is 2.11. The van der Waals surface area contributed by atoms with E-state index in [0.29, 0.717) is 22.1 Å². The maximum absolute atomic E-state index is 11.2. The summed E-state index contributed by atoms with van der Waals surface area (Å²) in [6.07, 6.45) is 0. The number of fused-ring (bicyclic) bond motifs is 1. The fourth-order valence-corrected chi connectivity index (χ4v) is 2.18. The minimum absolute atomic E-state index is 0.181. The van der Waals surface area contributed by atoms with Gasteiger partial charge in [-0.1, -0.05) is 17.7 Å². The number of benzene rings is 2. The molecule has 5 heteroatoms. The third-order valence-electron chi connectivity index (χ3n) is 2.90. The van der Waals surface area contributed by atoms with Gasteiger partial charge in [-0.25, -0.2) is 4.79 Å². The molecule has 0 aromatic heterocycles. The predicted molar refractivity (Wildman–Crippen MR) is 70.0 cm³/mol. The third-order valence-corrected chi connectivity index (χ3v) is 3.13. The van der Waals surface area contributed by atoms with Crippen molar-refractivity contribution in [1.82, 2.24) is 0 Å². The first-order valence-corrected chi connectivity index (χ1v) is 5.96. The van der Waals surface area contributed by atoms with Crippen molar-refractivity contribution in [3.8, 4) is 22.6 Å². The summed E-state index contributed by atoms with van der Waals surface area (Å²) < 4.78 is 10.5.